The summed E-state index contributed by atoms with van der Waals surface area (Å²) in [7, 11) is 2.11. The normalized spacial score (nSPS) is 28.0. The van der Waals surface area contributed by atoms with Crippen LogP contribution in [0.4, 0.5) is 5.69 Å². The number of anilines is 1. The van der Waals surface area contributed by atoms with Crippen molar-refractivity contribution in [1.29, 1.82) is 0 Å². The summed E-state index contributed by atoms with van der Waals surface area (Å²) in [6.07, 6.45) is 7.00. The van der Waals surface area contributed by atoms with Crippen molar-refractivity contribution in [3.63, 3.8) is 0 Å². The molecule has 1 aromatic heterocycles. The molecule has 1 unspecified atom stereocenters. The fourth-order valence-electron chi connectivity index (χ4n) is 4.02. The molecule has 2 aliphatic rings. The minimum atomic E-state index is -0.120. The van der Waals surface area contributed by atoms with Crippen LogP contribution in [0, 0.1) is 12.3 Å². The Bertz CT molecular complexity index is 702. The Morgan fingerprint density at radius 1 is 1.38 bits per heavy atom. The van der Waals surface area contributed by atoms with Crippen molar-refractivity contribution in [1.82, 2.24) is 0 Å². The van der Waals surface area contributed by atoms with Crippen molar-refractivity contribution in [3.05, 3.63) is 52.2 Å². The van der Waals surface area contributed by atoms with Crippen LogP contribution < -0.4 is 4.90 Å². The van der Waals surface area contributed by atoms with Gasteiger partial charge in [0.1, 0.15) is 6.23 Å². The first kappa shape index (κ1) is 12.9. The molecule has 0 bridgehead atoms. The van der Waals surface area contributed by atoms with E-state index >= 15 is 0 Å². The van der Waals surface area contributed by atoms with Crippen molar-refractivity contribution >= 4 is 17.0 Å². The van der Waals surface area contributed by atoms with Gasteiger partial charge in [-0.15, -0.1) is 17.8 Å². The molecule has 3 heterocycles. The zero-order valence-electron chi connectivity index (χ0n) is 12.0. The van der Waals surface area contributed by atoms with Gasteiger partial charge in [-0.1, -0.05) is 30.2 Å². The molecule has 0 N–H and O–H groups in total. The highest BCUT2D eigenvalue weighted by molar-refractivity contribution is 7.10. The summed E-state index contributed by atoms with van der Waals surface area (Å²) in [4.78, 5) is 3.51. The third-order valence-corrected chi connectivity index (χ3v) is 5.82. The highest BCUT2D eigenvalue weighted by Crippen LogP contribution is 2.57. The number of rotatable bonds is 2. The van der Waals surface area contributed by atoms with Crippen LogP contribution in [0.2, 0.25) is 0 Å². The molecule has 1 fully saturated rings. The summed E-state index contributed by atoms with van der Waals surface area (Å²) in [6, 6.07) is 12.8. The topological polar surface area (TPSA) is 12.5 Å². The van der Waals surface area contributed by atoms with E-state index in [9.17, 15) is 0 Å². The first-order valence-electron chi connectivity index (χ1n) is 7.22. The van der Waals surface area contributed by atoms with E-state index in [1.54, 1.807) is 11.3 Å². The van der Waals surface area contributed by atoms with Crippen LogP contribution in [0.3, 0.4) is 0 Å². The fourth-order valence-corrected chi connectivity index (χ4v) is 4.91. The molecule has 106 valence electrons. The van der Waals surface area contributed by atoms with Gasteiger partial charge in [0.15, 0.2) is 0 Å². The second kappa shape index (κ2) is 4.62. The monoisotopic (exact) mass is 295 g/mol. The van der Waals surface area contributed by atoms with Crippen molar-refractivity contribution < 1.29 is 4.74 Å². The smallest absolute Gasteiger partial charge is 0.141 e. The van der Waals surface area contributed by atoms with Crippen molar-refractivity contribution in [3.8, 4) is 12.3 Å². The molecule has 4 rings (SSSR count). The average molecular weight is 295 g/mol. The van der Waals surface area contributed by atoms with E-state index < -0.39 is 0 Å². The largest absolute Gasteiger partial charge is 0.357 e. The number of hydrogen-bond donors (Lipinski definition) is 0. The standard InChI is InChI=1S/C18H17NOS/c1-3-13(16-9-6-12-21-16)18-10-11-20-17(18)19(2)15-8-5-4-7-14(15)18/h1,4-9,12-13,17H,10-11H2,2H3/t13?,17-,18+/m0/s1. The number of ether oxygens (including phenoxy) is 1. The lowest BCUT2D eigenvalue weighted by atomic mass is 9.69. The SMILES string of the molecule is C#CC(c1cccs1)[C@@]12CCO[C@@H]1N(C)c1ccccc12. The average Bonchev–Trinajstić information content (AvgIpc) is 3.21. The minimum Gasteiger partial charge on any atom is -0.357 e. The summed E-state index contributed by atoms with van der Waals surface area (Å²) in [5.74, 6) is 3.14. The number of nitrogens with zero attached hydrogens (tertiary/aromatic N) is 1. The Hall–Kier alpha value is -1.76. The zero-order chi connectivity index (χ0) is 14.4. The molecule has 21 heavy (non-hydrogen) atoms. The molecule has 2 aromatic rings. The van der Waals surface area contributed by atoms with E-state index in [1.807, 2.05) is 0 Å². The van der Waals surface area contributed by atoms with Crippen LogP contribution in [-0.4, -0.2) is 19.9 Å². The molecule has 3 heteroatoms. The van der Waals surface area contributed by atoms with Crippen LogP contribution in [0.15, 0.2) is 41.8 Å². The van der Waals surface area contributed by atoms with Gasteiger partial charge < -0.3 is 9.64 Å². The molecule has 2 nitrogen and oxygen atoms in total. The Labute approximate surface area is 129 Å². The van der Waals surface area contributed by atoms with Gasteiger partial charge in [-0.25, -0.2) is 0 Å². The van der Waals surface area contributed by atoms with Crippen LogP contribution in [0.1, 0.15) is 22.8 Å². The van der Waals surface area contributed by atoms with Gasteiger partial charge in [0.2, 0.25) is 0 Å². The van der Waals surface area contributed by atoms with E-state index in [4.69, 9.17) is 11.2 Å². The van der Waals surface area contributed by atoms with Crippen molar-refractivity contribution in [2.45, 2.75) is 24.0 Å². The number of likely N-dealkylation sites (N-methyl/N-ethyl adjacent to an activating group) is 1. The van der Waals surface area contributed by atoms with E-state index in [1.165, 1.54) is 16.1 Å². The second-order valence-corrected chi connectivity index (χ2v) is 6.74. The lowest BCUT2D eigenvalue weighted by Gasteiger charge is -2.35. The molecule has 0 spiro atoms. The van der Waals surface area contributed by atoms with Gasteiger partial charge in [-0.3, -0.25) is 0 Å². The lowest BCUT2D eigenvalue weighted by molar-refractivity contribution is 0.0846. The Morgan fingerprint density at radius 3 is 3.00 bits per heavy atom. The van der Waals surface area contributed by atoms with Gasteiger partial charge in [-0.2, -0.15) is 0 Å². The predicted octanol–water partition coefficient (Wildman–Crippen LogP) is 3.60. The summed E-state index contributed by atoms with van der Waals surface area (Å²) in [5.41, 5.74) is 2.47. The summed E-state index contributed by atoms with van der Waals surface area (Å²) >= 11 is 1.75. The third kappa shape index (κ3) is 1.58. The molecular formula is C18H17NOS. The Kier molecular flexibility index (Phi) is 2.85. The Morgan fingerprint density at radius 2 is 2.24 bits per heavy atom. The second-order valence-electron chi connectivity index (χ2n) is 5.76. The summed E-state index contributed by atoms with van der Waals surface area (Å²) in [6.45, 7) is 0.771. The number of para-hydroxylation sites is 1. The maximum atomic E-state index is 6.09. The van der Waals surface area contributed by atoms with E-state index in [0.29, 0.717) is 0 Å². The predicted molar refractivity (Wildman–Crippen MR) is 86.8 cm³/mol. The van der Waals surface area contributed by atoms with Gasteiger partial charge in [0.25, 0.3) is 0 Å². The third-order valence-electron chi connectivity index (χ3n) is 4.88. The number of fused-ring (bicyclic) bond motifs is 3. The highest BCUT2D eigenvalue weighted by Gasteiger charge is 2.58. The zero-order valence-corrected chi connectivity index (χ0v) is 12.8. The first-order chi connectivity index (χ1) is 10.3. The molecule has 3 atom stereocenters. The maximum Gasteiger partial charge on any atom is 0.141 e. The summed E-state index contributed by atoms with van der Waals surface area (Å²) < 4.78 is 6.09. The number of benzene rings is 1. The maximum absolute atomic E-state index is 6.09. The van der Waals surface area contributed by atoms with Crippen molar-refractivity contribution in [2.75, 3.05) is 18.6 Å². The van der Waals surface area contributed by atoms with E-state index in [-0.39, 0.29) is 17.6 Å². The van der Waals surface area contributed by atoms with Crippen molar-refractivity contribution in [2.24, 2.45) is 0 Å². The van der Waals surface area contributed by atoms with Crippen LogP contribution in [-0.2, 0) is 10.2 Å². The number of terminal acetylenes is 1. The van der Waals surface area contributed by atoms with Gasteiger partial charge >= 0.3 is 0 Å². The highest BCUT2D eigenvalue weighted by atomic mass is 32.1. The lowest BCUT2D eigenvalue weighted by Crippen LogP contribution is -2.43. The van der Waals surface area contributed by atoms with Gasteiger partial charge in [0, 0.05) is 17.6 Å². The van der Waals surface area contributed by atoms with Crippen LogP contribution in [0.5, 0.6) is 0 Å². The molecule has 0 saturated carbocycles. The number of thiophene rings is 1. The van der Waals surface area contributed by atoms with E-state index in [2.05, 4.69) is 59.6 Å². The summed E-state index contributed by atoms with van der Waals surface area (Å²) in [5, 5.41) is 2.10. The molecule has 2 aliphatic heterocycles. The molecule has 0 amide bonds. The van der Waals surface area contributed by atoms with Gasteiger partial charge in [0.05, 0.1) is 17.9 Å². The molecule has 0 aliphatic carbocycles. The van der Waals surface area contributed by atoms with Crippen LogP contribution in [0.25, 0.3) is 0 Å². The molecular weight excluding hydrogens is 278 g/mol. The Balaban J connectivity index is 1.94. The first-order valence-corrected chi connectivity index (χ1v) is 8.10. The minimum absolute atomic E-state index is 0.0399. The quantitative estimate of drug-likeness (QED) is 0.785. The van der Waals surface area contributed by atoms with E-state index in [0.717, 1.165) is 13.0 Å². The fraction of sp³-hybridized carbons (Fsp3) is 0.333. The number of hydrogen-bond acceptors (Lipinski definition) is 3. The molecule has 1 saturated heterocycles. The molecule has 1 aromatic carbocycles. The van der Waals surface area contributed by atoms with Gasteiger partial charge in [-0.05, 0) is 29.5 Å². The molecule has 0 radical (unpaired) electrons. The van der Waals surface area contributed by atoms with Crippen LogP contribution >= 0.6 is 11.3 Å².